The van der Waals surface area contributed by atoms with Gasteiger partial charge in [0.1, 0.15) is 5.69 Å². The number of rotatable bonds is 7. The van der Waals surface area contributed by atoms with Crippen molar-refractivity contribution in [1.29, 1.82) is 0 Å². The van der Waals surface area contributed by atoms with Crippen LogP contribution in [-0.2, 0) is 0 Å². The van der Waals surface area contributed by atoms with Crippen LogP contribution in [0.15, 0.2) is 80.3 Å². The Bertz CT molecular complexity index is 1750. The Hall–Kier alpha value is -4.78. The maximum atomic E-state index is 4.65. The number of nitrogens with zero attached hydrogens (tertiary/aromatic N) is 4. The van der Waals surface area contributed by atoms with Gasteiger partial charge in [0.15, 0.2) is 0 Å². The summed E-state index contributed by atoms with van der Waals surface area (Å²) in [5.41, 5.74) is 8.42. The number of allylic oxidation sites excluding steroid dienone is 2. The van der Waals surface area contributed by atoms with Gasteiger partial charge in [-0.15, -0.1) is 0 Å². The van der Waals surface area contributed by atoms with E-state index in [1.54, 1.807) is 6.20 Å². The van der Waals surface area contributed by atoms with E-state index in [9.17, 15) is 0 Å². The van der Waals surface area contributed by atoms with E-state index in [2.05, 4.69) is 66.8 Å². The van der Waals surface area contributed by atoms with Crippen LogP contribution in [0.1, 0.15) is 25.3 Å². The minimum absolute atomic E-state index is 0.569. The van der Waals surface area contributed by atoms with Crippen molar-refractivity contribution in [3.8, 4) is 22.5 Å². The number of aromatic nitrogens is 6. The molecule has 7 heteroatoms. The van der Waals surface area contributed by atoms with Gasteiger partial charge in [-0.2, -0.15) is 5.10 Å². The second-order valence-electron chi connectivity index (χ2n) is 9.32. The van der Waals surface area contributed by atoms with E-state index in [0.717, 1.165) is 66.5 Å². The Morgan fingerprint density at radius 2 is 1.92 bits per heavy atom. The molecule has 0 atom stereocenters. The fraction of sp³-hybridized carbons (Fsp3) is 0.133. The highest BCUT2D eigenvalue weighted by Gasteiger charge is 2.24. The first-order chi connectivity index (χ1) is 18.1. The molecule has 182 valence electrons. The average Bonchev–Trinajstić information content (AvgIpc) is 3.57. The Labute approximate surface area is 214 Å². The normalized spacial score (nSPS) is 14.3. The molecular formula is C30H27N7. The molecule has 0 saturated heterocycles. The third-order valence-electron chi connectivity index (χ3n) is 6.70. The zero-order chi connectivity index (χ0) is 25.4. The summed E-state index contributed by atoms with van der Waals surface area (Å²) in [5, 5.41) is 14.2. The Morgan fingerprint density at radius 1 is 1.05 bits per heavy atom. The van der Waals surface area contributed by atoms with Gasteiger partial charge in [-0.25, -0.2) is 0 Å². The fourth-order valence-corrected chi connectivity index (χ4v) is 4.53. The lowest BCUT2D eigenvalue weighted by molar-refractivity contribution is 1.02. The van der Waals surface area contributed by atoms with E-state index in [1.165, 1.54) is 12.8 Å². The molecule has 5 heterocycles. The monoisotopic (exact) mass is 485 g/mol. The van der Waals surface area contributed by atoms with Gasteiger partial charge in [-0.05, 0) is 55.5 Å². The molecule has 0 amide bonds. The molecule has 6 rings (SSSR count). The number of nitrogens with one attached hydrogen (secondary N) is 3. The van der Waals surface area contributed by atoms with Crippen molar-refractivity contribution in [2.75, 3.05) is 5.32 Å². The fourth-order valence-electron chi connectivity index (χ4n) is 4.53. The lowest BCUT2D eigenvalue weighted by atomic mass is 10.1. The van der Waals surface area contributed by atoms with Gasteiger partial charge < -0.3 is 10.3 Å². The van der Waals surface area contributed by atoms with Crippen molar-refractivity contribution in [3.63, 3.8) is 0 Å². The SMILES string of the molecule is C=C(/C=c1/c(-c2cc3c(-c4cccnc4)cncc3[nH]2)n[nH]/c1=C/C)c1cncc(NC(=C)C2CC2)c1. The molecule has 0 bridgehead atoms. The van der Waals surface area contributed by atoms with Crippen LogP contribution in [0.4, 0.5) is 5.69 Å². The second-order valence-corrected chi connectivity index (χ2v) is 9.32. The summed E-state index contributed by atoms with van der Waals surface area (Å²) in [4.78, 5) is 16.6. The van der Waals surface area contributed by atoms with Gasteiger partial charge in [-0.3, -0.25) is 20.1 Å². The first-order valence-electron chi connectivity index (χ1n) is 12.3. The zero-order valence-electron chi connectivity index (χ0n) is 20.6. The maximum Gasteiger partial charge on any atom is 0.116 e. The summed E-state index contributed by atoms with van der Waals surface area (Å²) in [5.74, 6) is 0.569. The summed E-state index contributed by atoms with van der Waals surface area (Å²) in [7, 11) is 0. The molecular weight excluding hydrogens is 458 g/mol. The number of hydrogen-bond donors (Lipinski definition) is 3. The molecule has 0 spiro atoms. The van der Waals surface area contributed by atoms with Gasteiger partial charge in [0.25, 0.3) is 0 Å². The first kappa shape index (κ1) is 22.7. The van der Waals surface area contributed by atoms with E-state index < -0.39 is 0 Å². The number of H-pyrrole nitrogens is 2. The molecule has 5 aromatic rings. The van der Waals surface area contributed by atoms with E-state index >= 15 is 0 Å². The Balaban J connectivity index is 1.40. The quantitative estimate of drug-likeness (QED) is 0.300. The first-order valence-corrected chi connectivity index (χ1v) is 12.3. The topological polar surface area (TPSA) is 95.2 Å². The van der Waals surface area contributed by atoms with Crippen LogP contribution in [0, 0.1) is 5.92 Å². The standard InChI is InChI=1S/C30H27N7/c1-4-27-25(10-18(2)22-11-23(15-32-14-22)34-19(3)20-7-8-20)30(37-36-27)28-12-24-26(16-33-17-29(24)35-28)21-6-5-9-31-13-21/h4-6,9-17,20,34-36H,2-3,7-8H2,1H3/b25-10+,27-4+. The van der Waals surface area contributed by atoms with Crippen molar-refractivity contribution in [1.82, 2.24) is 30.1 Å². The molecule has 7 nitrogen and oxygen atoms in total. The third kappa shape index (κ3) is 4.47. The maximum absolute atomic E-state index is 4.65. The summed E-state index contributed by atoms with van der Waals surface area (Å²) in [6.07, 6.45) is 17.4. The minimum Gasteiger partial charge on any atom is -0.358 e. The molecule has 0 radical (unpaired) electrons. The average molecular weight is 486 g/mol. The molecule has 0 aromatic carbocycles. The van der Waals surface area contributed by atoms with Gasteiger partial charge >= 0.3 is 0 Å². The zero-order valence-corrected chi connectivity index (χ0v) is 20.6. The van der Waals surface area contributed by atoms with Crippen LogP contribution >= 0.6 is 0 Å². The molecule has 0 aliphatic heterocycles. The summed E-state index contributed by atoms with van der Waals surface area (Å²) >= 11 is 0. The van der Waals surface area contributed by atoms with Crippen molar-refractivity contribution in [3.05, 3.63) is 96.4 Å². The number of anilines is 1. The van der Waals surface area contributed by atoms with E-state index in [-0.39, 0.29) is 0 Å². The van der Waals surface area contributed by atoms with E-state index in [4.69, 9.17) is 0 Å². The second kappa shape index (κ2) is 9.35. The molecule has 1 aliphatic rings. The predicted molar refractivity (Wildman–Crippen MR) is 150 cm³/mol. The minimum atomic E-state index is 0.569. The van der Waals surface area contributed by atoms with Crippen molar-refractivity contribution in [2.24, 2.45) is 5.92 Å². The number of aromatic amines is 2. The Morgan fingerprint density at radius 3 is 2.70 bits per heavy atom. The molecule has 3 N–H and O–H groups in total. The molecule has 0 unspecified atom stereocenters. The van der Waals surface area contributed by atoms with E-state index in [1.807, 2.05) is 56.1 Å². The molecule has 1 saturated carbocycles. The lowest BCUT2D eigenvalue weighted by Crippen LogP contribution is -2.23. The largest absolute Gasteiger partial charge is 0.358 e. The van der Waals surface area contributed by atoms with Crippen LogP contribution in [-0.4, -0.2) is 30.1 Å². The highest BCUT2D eigenvalue weighted by Crippen LogP contribution is 2.36. The molecule has 5 aromatic heterocycles. The number of hydrogen-bond acceptors (Lipinski definition) is 5. The number of pyridine rings is 3. The number of fused-ring (bicyclic) bond motifs is 1. The summed E-state index contributed by atoms with van der Waals surface area (Å²) in [6.45, 7) is 10.5. The van der Waals surface area contributed by atoms with Crippen LogP contribution < -0.4 is 15.9 Å². The van der Waals surface area contributed by atoms with Crippen LogP contribution in [0.3, 0.4) is 0 Å². The lowest BCUT2D eigenvalue weighted by Gasteiger charge is -2.09. The van der Waals surface area contributed by atoms with Crippen molar-refractivity contribution < 1.29 is 0 Å². The highest BCUT2D eigenvalue weighted by molar-refractivity contribution is 5.97. The van der Waals surface area contributed by atoms with Crippen LogP contribution in [0.2, 0.25) is 0 Å². The smallest absolute Gasteiger partial charge is 0.116 e. The van der Waals surface area contributed by atoms with E-state index in [0.29, 0.717) is 5.92 Å². The summed E-state index contributed by atoms with van der Waals surface area (Å²) < 4.78 is 0. The molecule has 37 heavy (non-hydrogen) atoms. The van der Waals surface area contributed by atoms with Gasteiger partial charge in [0, 0.05) is 57.8 Å². The molecule has 1 aliphatic carbocycles. The van der Waals surface area contributed by atoms with Crippen LogP contribution in [0.25, 0.3) is 51.1 Å². The third-order valence-corrected chi connectivity index (χ3v) is 6.70. The summed E-state index contributed by atoms with van der Waals surface area (Å²) in [6, 6.07) is 8.14. The highest BCUT2D eigenvalue weighted by atomic mass is 15.1. The molecule has 1 fully saturated rings. The van der Waals surface area contributed by atoms with Gasteiger partial charge in [-0.1, -0.05) is 25.3 Å². The van der Waals surface area contributed by atoms with Crippen LogP contribution in [0.5, 0.6) is 0 Å². The van der Waals surface area contributed by atoms with Gasteiger partial charge in [0.05, 0.1) is 34.6 Å². The van der Waals surface area contributed by atoms with Crippen molar-refractivity contribution >= 4 is 34.3 Å². The Kier molecular flexibility index (Phi) is 5.73. The van der Waals surface area contributed by atoms with Gasteiger partial charge in [0.2, 0.25) is 0 Å². The van der Waals surface area contributed by atoms with Crippen molar-refractivity contribution in [2.45, 2.75) is 19.8 Å². The predicted octanol–water partition coefficient (Wildman–Crippen LogP) is 5.04.